The molecule has 0 saturated heterocycles. The first kappa shape index (κ1) is 11.5. The molecule has 0 aromatic carbocycles. The van der Waals surface area contributed by atoms with Crippen molar-refractivity contribution in [2.75, 3.05) is 19.8 Å². The minimum absolute atomic E-state index is 0.502. The van der Waals surface area contributed by atoms with Gasteiger partial charge in [0.15, 0.2) is 0 Å². The van der Waals surface area contributed by atoms with Gasteiger partial charge in [0.25, 0.3) is 0 Å². The standard InChI is InChI=1S/C11H21NO2/c1-3-13-7-5-6-12-10-8-11(9-10)14-4-2/h3,10-12H,1,4-9H2,2H3. The van der Waals surface area contributed by atoms with Crippen LogP contribution in [0.3, 0.4) is 0 Å². The van der Waals surface area contributed by atoms with Gasteiger partial charge in [0.1, 0.15) is 0 Å². The van der Waals surface area contributed by atoms with Gasteiger partial charge in [-0.05, 0) is 32.7 Å². The van der Waals surface area contributed by atoms with Crippen LogP contribution < -0.4 is 5.32 Å². The molecule has 0 radical (unpaired) electrons. The molecule has 0 unspecified atom stereocenters. The largest absolute Gasteiger partial charge is 0.502 e. The molecule has 0 amide bonds. The molecule has 14 heavy (non-hydrogen) atoms. The van der Waals surface area contributed by atoms with Crippen LogP contribution in [0.4, 0.5) is 0 Å². The van der Waals surface area contributed by atoms with E-state index in [4.69, 9.17) is 9.47 Å². The fraction of sp³-hybridized carbons (Fsp3) is 0.818. The summed E-state index contributed by atoms with van der Waals surface area (Å²) in [6.45, 7) is 8.17. The third-order valence-corrected chi connectivity index (χ3v) is 2.49. The summed E-state index contributed by atoms with van der Waals surface area (Å²) in [5.74, 6) is 0. The number of hydrogen-bond donors (Lipinski definition) is 1. The van der Waals surface area contributed by atoms with E-state index in [1.54, 1.807) is 0 Å². The molecule has 0 spiro atoms. The lowest BCUT2D eigenvalue weighted by atomic mass is 9.89. The van der Waals surface area contributed by atoms with E-state index in [0.29, 0.717) is 12.1 Å². The Morgan fingerprint density at radius 2 is 2.29 bits per heavy atom. The van der Waals surface area contributed by atoms with E-state index in [0.717, 1.165) is 39.0 Å². The molecule has 1 aliphatic rings. The predicted octanol–water partition coefficient (Wildman–Crippen LogP) is 1.69. The Morgan fingerprint density at radius 1 is 1.50 bits per heavy atom. The highest BCUT2D eigenvalue weighted by molar-refractivity contribution is 4.85. The first-order chi connectivity index (χ1) is 6.86. The smallest absolute Gasteiger partial charge is 0.0885 e. The summed E-state index contributed by atoms with van der Waals surface area (Å²) in [5.41, 5.74) is 0. The van der Waals surface area contributed by atoms with E-state index in [-0.39, 0.29) is 0 Å². The Bertz CT molecular complexity index is 155. The Balaban J connectivity index is 1.83. The molecular weight excluding hydrogens is 178 g/mol. The topological polar surface area (TPSA) is 30.5 Å². The lowest BCUT2D eigenvalue weighted by molar-refractivity contribution is -0.00994. The van der Waals surface area contributed by atoms with Crippen LogP contribution in [0.2, 0.25) is 0 Å². The average molecular weight is 199 g/mol. The van der Waals surface area contributed by atoms with Crippen LogP contribution in [0, 0.1) is 0 Å². The van der Waals surface area contributed by atoms with E-state index in [9.17, 15) is 0 Å². The third kappa shape index (κ3) is 4.11. The summed E-state index contributed by atoms with van der Waals surface area (Å²) in [6, 6.07) is 0.662. The number of rotatable bonds is 8. The van der Waals surface area contributed by atoms with Crippen LogP contribution in [0.15, 0.2) is 12.8 Å². The molecule has 1 aliphatic carbocycles. The van der Waals surface area contributed by atoms with Crippen molar-refractivity contribution in [1.29, 1.82) is 0 Å². The predicted molar refractivity (Wildman–Crippen MR) is 57.2 cm³/mol. The Morgan fingerprint density at radius 3 is 2.93 bits per heavy atom. The zero-order valence-corrected chi connectivity index (χ0v) is 9.00. The first-order valence-electron chi connectivity index (χ1n) is 5.44. The van der Waals surface area contributed by atoms with Crippen LogP contribution in [0.25, 0.3) is 0 Å². The average Bonchev–Trinajstić information content (AvgIpc) is 2.13. The summed E-state index contributed by atoms with van der Waals surface area (Å²) in [7, 11) is 0. The maximum atomic E-state index is 5.47. The third-order valence-electron chi connectivity index (χ3n) is 2.49. The summed E-state index contributed by atoms with van der Waals surface area (Å²) in [6.07, 6.45) is 5.37. The number of nitrogens with one attached hydrogen (secondary N) is 1. The van der Waals surface area contributed by atoms with Crippen molar-refractivity contribution >= 4 is 0 Å². The van der Waals surface area contributed by atoms with Crippen molar-refractivity contribution in [3.8, 4) is 0 Å². The quantitative estimate of drug-likeness (QED) is 0.476. The zero-order valence-electron chi connectivity index (χ0n) is 9.00. The molecule has 0 aromatic heterocycles. The fourth-order valence-electron chi connectivity index (χ4n) is 1.65. The second-order valence-corrected chi connectivity index (χ2v) is 3.59. The van der Waals surface area contributed by atoms with E-state index < -0.39 is 0 Å². The molecule has 0 heterocycles. The first-order valence-corrected chi connectivity index (χ1v) is 5.44. The second kappa shape index (κ2) is 6.85. The molecular formula is C11H21NO2. The molecule has 0 atom stereocenters. The monoisotopic (exact) mass is 199 g/mol. The molecule has 1 rings (SSSR count). The highest BCUT2D eigenvalue weighted by atomic mass is 16.5. The molecule has 3 nitrogen and oxygen atoms in total. The summed E-state index contributed by atoms with van der Waals surface area (Å²) in [5, 5.41) is 3.47. The normalized spacial score (nSPS) is 25.5. The van der Waals surface area contributed by atoms with Gasteiger partial charge in [0.05, 0.1) is 19.0 Å². The molecule has 1 saturated carbocycles. The van der Waals surface area contributed by atoms with E-state index >= 15 is 0 Å². The maximum absolute atomic E-state index is 5.47. The van der Waals surface area contributed by atoms with E-state index in [2.05, 4.69) is 11.9 Å². The van der Waals surface area contributed by atoms with Crippen molar-refractivity contribution < 1.29 is 9.47 Å². The van der Waals surface area contributed by atoms with Gasteiger partial charge in [0, 0.05) is 12.6 Å². The van der Waals surface area contributed by atoms with Gasteiger partial charge in [-0.1, -0.05) is 6.58 Å². The zero-order chi connectivity index (χ0) is 10.2. The van der Waals surface area contributed by atoms with Crippen LogP contribution in [0.5, 0.6) is 0 Å². The van der Waals surface area contributed by atoms with Crippen LogP contribution in [-0.2, 0) is 9.47 Å². The van der Waals surface area contributed by atoms with Gasteiger partial charge in [-0.25, -0.2) is 0 Å². The Hall–Kier alpha value is -0.540. The molecule has 0 aromatic rings. The minimum atomic E-state index is 0.502. The van der Waals surface area contributed by atoms with E-state index in [1.165, 1.54) is 6.26 Å². The summed E-state index contributed by atoms with van der Waals surface area (Å²) >= 11 is 0. The molecule has 1 N–H and O–H groups in total. The molecule has 3 heteroatoms. The molecule has 0 bridgehead atoms. The summed E-state index contributed by atoms with van der Waals surface area (Å²) in [4.78, 5) is 0. The number of ether oxygens (including phenoxy) is 2. The highest BCUT2D eigenvalue weighted by Crippen LogP contribution is 2.22. The van der Waals surface area contributed by atoms with Crippen LogP contribution in [-0.4, -0.2) is 31.9 Å². The van der Waals surface area contributed by atoms with Gasteiger partial charge < -0.3 is 14.8 Å². The van der Waals surface area contributed by atoms with Gasteiger partial charge in [-0.2, -0.15) is 0 Å². The minimum Gasteiger partial charge on any atom is -0.502 e. The van der Waals surface area contributed by atoms with Crippen molar-refractivity contribution in [3.63, 3.8) is 0 Å². The lowest BCUT2D eigenvalue weighted by Gasteiger charge is -2.35. The van der Waals surface area contributed by atoms with Gasteiger partial charge in [0.2, 0.25) is 0 Å². The fourth-order valence-corrected chi connectivity index (χ4v) is 1.65. The molecule has 82 valence electrons. The van der Waals surface area contributed by atoms with Crippen molar-refractivity contribution in [2.45, 2.75) is 38.3 Å². The Labute approximate surface area is 86.5 Å². The van der Waals surface area contributed by atoms with Crippen molar-refractivity contribution in [3.05, 3.63) is 12.8 Å². The van der Waals surface area contributed by atoms with Crippen LogP contribution >= 0.6 is 0 Å². The van der Waals surface area contributed by atoms with Gasteiger partial charge in [-0.15, -0.1) is 0 Å². The highest BCUT2D eigenvalue weighted by Gasteiger charge is 2.28. The molecule has 1 fully saturated rings. The van der Waals surface area contributed by atoms with E-state index in [1.807, 2.05) is 6.92 Å². The SMILES string of the molecule is C=COCCCNC1CC(OCC)C1. The van der Waals surface area contributed by atoms with Crippen LogP contribution in [0.1, 0.15) is 26.2 Å². The second-order valence-electron chi connectivity index (χ2n) is 3.59. The molecule has 0 aliphatic heterocycles. The lowest BCUT2D eigenvalue weighted by Crippen LogP contribution is -2.45. The van der Waals surface area contributed by atoms with Crippen molar-refractivity contribution in [2.24, 2.45) is 0 Å². The summed E-state index contributed by atoms with van der Waals surface area (Å²) < 4.78 is 10.5. The van der Waals surface area contributed by atoms with Gasteiger partial charge >= 0.3 is 0 Å². The number of hydrogen-bond acceptors (Lipinski definition) is 3. The van der Waals surface area contributed by atoms with Gasteiger partial charge in [-0.3, -0.25) is 0 Å². The Kier molecular flexibility index (Phi) is 5.64. The maximum Gasteiger partial charge on any atom is 0.0885 e. The van der Waals surface area contributed by atoms with Crippen molar-refractivity contribution in [1.82, 2.24) is 5.32 Å².